The molecule has 0 atom stereocenters. The summed E-state index contributed by atoms with van der Waals surface area (Å²) in [5, 5.41) is 6.60. The van der Waals surface area contributed by atoms with E-state index in [4.69, 9.17) is 4.74 Å². The summed E-state index contributed by atoms with van der Waals surface area (Å²) in [6.07, 6.45) is 3.06. The molecule has 2 heterocycles. The molecule has 19 heavy (non-hydrogen) atoms. The van der Waals surface area contributed by atoms with Crippen LogP contribution in [0, 0.1) is 6.92 Å². The number of ether oxygens (including phenoxy) is 1. The van der Waals surface area contributed by atoms with Gasteiger partial charge in [0.15, 0.2) is 0 Å². The van der Waals surface area contributed by atoms with Gasteiger partial charge in [0.25, 0.3) is 0 Å². The van der Waals surface area contributed by atoms with E-state index in [-0.39, 0.29) is 11.4 Å². The van der Waals surface area contributed by atoms with E-state index in [9.17, 15) is 9.59 Å². The van der Waals surface area contributed by atoms with Crippen LogP contribution in [0.5, 0.6) is 5.75 Å². The van der Waals surface area contributed by atoms with Crippen molar-refractivity contribution in [3.63, 3.8) is 0 Å². The second-order valence-corrected chi connectivity index (χ2v) is 4.22. The first kappa shape index (κ1) is 11.4. The summed E-state index contributed by atoms with van der Waals surface area (Å²) in [4.78, 5) is 24.1. The molecule has 94 valence electrons. The van der Waals surface area contributed by atoms with Gasteiger partial charge in [0.2, 0.25) is 5.78 Å². The predicted molar refractivity (Wildman–Crippen MR) is 67.7 cm³/mol. The van der Waals surface area contributed by atoms with Gasteiger partial charge in [-0.15, -0.1) is 0 Å². The molecule has 1 N–H and O–H groups in total. The molecule has 0 fully saturated rings. The number of benzene rings is 1. The first-order valence-electron chi connectivity index (χ1n) is 5.74. The molecule has 0 saturated carbocycles. The van der Waals surface area contributed by atoms with Crippen LogP contribution in [0.4, 0.5) is 0 Å². The molecule has 1 aliphatic rings. The number of para-hydroxylation sites is 1. The molecule has 0 bridgehead atoms. The highest BCUT2D eigenvalue weighted by atomic mass is 16.5. The quantitative estimate of drug-likeness (QED) is 0.365. The molecule has 1 aromatic carbocycles. The van der Waals surface area contributed by atoms with Crippen molar-refractivity contribution in [3.8, 4) is 5.75 Å². The standard InChI is InChI=1S/C14H10N2O3/c1-8-9(7-15-16-8)6-11-13(17)10-4-2-3-5-12(10)19-14(11)18/h2-7H,1H3,(H,15,16)/b11-6+. The van der Waals surface area contributed by atoms with Gasteiger partial charge in [-0.05, 0) is 25.1 Å². The summed E-state index contributed by atoms with van der Waals surface area (Å²) in [6, 6.07) is 6.69. The highest BCUT2D eigenvalue weighted by Crippen LogP contribution is 2.28. The van der Waals surface area contributed by atoms with Crippen LogP contribution in [0.2, 0.25) is 0 Å². The number of hydrogen-bond donors (Lipinski definition) is 1. The average molecular weight is 254 g/mol. The molecule has 0 amide bonds. The second-order valence-electron chi connectivity index (χ2n) is 4.22. The van der Waals surface area contributed by atoms with E-state index in [2.05, 4.69) is 10.2 Å². The lowest BCUT2D eigenvalue weighted by Gasteiger charge is -2.16. The maximum atomic E-state index is 12.3. The number of aryl methyl sites for hydroxylation is 1. The highest BCUT2D eigenvalue weighted by Gasteiger charge is 2.30. The van der Waals surface area contributed by atoms with E-state index in [1.165, 1.54) is 6.08 Å². The van der Waals surface area contributed by atoms with E-state index in [1.54, 1.807) is 30.5 Å². The second kappa shape index (κ2) is 4.20. The molecule has 0 unspecified atom stereocenters. The number of carbonyl (C=O) groups is 2. The Labute approximate surface area is 108 Å². The Morgan fingerprint density at radius 2 is 2.05 bits per heavy atom. The summed E-state index contributed by atoms with van der Waals surface area (Å²) in [7, 11) is 0. The SMILES string of the molecule is Cc1[nH]ncc1/C=C1/C(=O)Oc2ccccc2C1=O. The topological polar surface area (TPSA) is 72.1 Å². The Hall–Kier alpha value is -2.69. The first-order valence-corrected chi connectivity index (χ1v) is 5.74. The van der Waals surface area contributed by atoms with Gasteiger partial charge in [0.05, 0.1) is 11.8 Å². The van der Waals surface area contributed by atoms with Crippen LogP contribution in [0.1, 0.15) is 21.6 Å². The van der Waals surface area contributed by atoms with E-state index in [0.717, 1.165) is 5.69 Å². The van der Waals surface area contributed by atoms with Crippen LogP contribution in [0.3, 0.4) is 0 Å². The molecule has 0 spiro atoms. The number of Topliss-reactive ketones (excluding diaryl/α,β-unsaturated/α-hetero) is 1. The number of rotatable bonds is 1. The summed E-state index contributed by atoms with van der Waals surface area (Å²) in [5.41, 5.74) is 1.89. The number of fused-ring (bicyclic) bond motifs is 1. The molecule has 2 aromatic rings. The zero-order chi connectivity index (χ0) is 13.4. The number of H-pyrrole nitrogens is 1. The van der Waals surface area contributed by atoms with Gasteiger partial charge in [0, 0.05) is 11.3 Å². The molecule has 0 saturated heterocycles. The summed E-state index contributed by atoms with van der Waals surface area (Å²) < 4.78 is 5.14. The minimum absolute atomic E-state index is 0.0169. The van der Waals surface area contributed by atoms with Crippen LogP contribution < -0.4 is 4.74 Å². The van der Waals surface area contributed by atoms with Crippen molar-refractivity contribution in [1.29, 1.82) is 0 Å². The number of hydrogen-bond acceptors (Lipinski definition) is 4. The number of ketones is 1. The zero-order valence-corrected chi connectivity index (χ0v) is 10.1. The van der Waals surface area contributed by atoms with Crippen molar-refractivity contribution in [2.24, 2.45) is 0 Å². The van der Waals surface area contributed by atoms with Crippen LogP contribution in [0.25, 0.3) is 6.08 Å². The summed E-state index contributed by atoms with van der Waals surface area (Å²) >= 11 is 0. The summed E-state index contributed by atoms with van der Waals surface area (Å²) in [5.74, 6) is -0.657. The summed E-state index contributed by atoms with van der Waals surface area (Å²) in [6.45, 7) is 1.81. The minimum Gasteiger partial charge on any atom is -0.422 e. The molecule has 5 heteroatoms. The third-order valence-corrected chi connectivity index (χ3v) is 2.97. The number of nitrogens with zero attached hydrogens (tertiary/aromatic N) is 1. The fraction of sp³-hybridized carbons (Fsp3) is 0.0714. The molecule has 1 aliphatic heterocycles. The number of nitrogens with one attached hydrogen (secondary N) is 1. The lowest BCUT2D eigenvalue weighted by molar-refractivity contribution is -0.130. The van der Waals surface area contributed by atoms with Gasteiger partial charge in [0.1, 0.15) is 11.3 Å². The van der Waals surface area contributed by atoms with Crippen molar-refractivity contribution < 1.29 is 14.3 Å². The van der Waals surface area contributed by atoms with E-state index >= 15 is 0 Å². The third-order valence-electron chi connectivity index (χ3n) is 2.97. The molecular weight excluding hydrogens is 244 g/mol. The van der Waals surface area contributed by atoms with E-state index < -0.39 is 5.97 Å². The largest absolute Gasteiger partial charge is 0.422 e. The molecule has 0 aliphatic carbocycles. The van der Waals surface area contributed by atoms with Gasteiger partial charge in [-0.2, -0.15) is 5.10 Å². The van der Waals surface area contributed by atoms with E-state index in [0.29, 0.717) is 16.9 Å². The monoisotopic (exact) mass is 254 g/mol. The third kappa shape index (κ3) is 1.85. The van der Waals surface area contributed by atoms with Gasteiger partial charge in [-0.3, -0.25) is 9.89 Å². The molecular formula is C14H10N2O3. The van der Waals surface area contributed by atoms with Gasteiger partial charge in [-0.1, -0.05) is 12.1 Å². The number of carbonyl (C=O) groups excluding carboxylic acids is 2. The number of aromatic nitrogens is 2. The van der Waals surface area contributed by atoms with Crippen LogP contribution in [-0.2, 0) is 4.79 Å². The fourth-order valence-electron chi connectivity index (χ4n) is 1.92. The predicted octanol–water partition coefficient (Wildman–Crippen LogP) is 1.90. The molecule has 0 radical (unpaired) electrons. The minimum atomic E-state index is -0.635. The Kier molecular flexibility index (Phi) is 2.52. The van der Waals surface area contributed by atoms with Crippen molar-refractivity contribution in [2.75, 3.05) is 0 Å². The van der Waals surface area contributed by atoms with Gasteiger partial charge < -0.3 is 4.74 Å². The Balaban J connectivity index is 2.10. The Bertz CT molecular complexity index is 713. The van der Waals surface area contributed by atoms with Crippen molar-refractivity contribution >= 4 is 17.8 Å². The average Bonchev–Trinajstić information content (AvgIpc) is 2.80. The molecule has 1 aromatic heterocycles. The smallest absolute Gasteiger partial charge is 0.347 e. The lowest BCUT2D eigenvalue weighted by Crippen LogP contribution is -2.24. The Morgan fingerprint density at radius 3 is 2.79 bits per heavy atom. The van der Waals surface area contributed by atoms with Gasteiger partial charge in [-0.25, -0.2) is 4.79 Å². The van der Waals surface area contributed by atoms with E-state index in [1.807, 2.05) is 6.92 Å². The normalized spacial score (nSPS) is 16.4. The van der Waals surface area contributed by atoms with Crippen LogP contribution in [-0.4, -0.2) is 21.9 Å². The fourth-order valence-corrected chi connectivity index (χ4v) is 1.92. The Morgan fingerprint density at radius 1 is 1.26 bits per heavy atom. The maximum Gasteiger partial charge on any atom is 0.347 e. The first-order chi connectivity index (χ1) is 9.16. The van der Waals surface area contributed by atoms with Gasteiger partial charge >= 0.3 is 5.97 Å². The van der Waals surface area contributed by atoms with Crippen LogP contribution in [0.15, 0.2) is 36.0 Å². The maximum absolute atomic E-state index is 12.3. The van der Waals surface area contributed by atoms with Crippen molar-refractivity contribution in [1.82, 2.24) is 10.2 Å². The van der Waals surface area contributed by atoms with Crippen molar-refractivity contribution in [2.45, 2.75) is 6.92 Å². The lowest BCUT2D eigenvalue weighted by atomic mass is 9.98. The zero-order valence-electron chi connectivity index (χ0n) is 10.1. The number of aromatic amines is 1. The molecule has 5 nitrogen and oxygen atoms in total. The molecule has 3 rings (SSSR count). The van der Waals surface area contributed by atoms with Crippen LogP contribution >= 0.6 is 0 Å². The number of esters is 1. The van der Waals surface area contributed by atoms with Crippen molar-refractivity contribution in [3.05, 3.63) is 52.9 Å². The highest BCUT2D eigenvalue weighted by molar-refractivity contribution is 6.30.